The molecule has 1 aliphatic carbocycles. The second-order valence-electron chi connectivity index (χ2n) is 7.23. The van der Waals surface area contributed by atoms with E-state index in [0.29, 0.717) is 18.7 Å². The summed E-state index contributed by atoms with van der Waals surface area (Å²) in [6.45, 7) is 3.93. The highest BCUT2D eigenvalue weighted by molar-refractivity contribution is 6.00. The van der Waals surface area contributed by atoms with Gasteiger partial charge >= 0.3 is 0 Å². The zero-order valence-corrected chi connectivity index (χ0v) is 15.4. The fraction of sp³-hybridized carbons (Fsp3) is 0.429. The monoisotopic (exact) mass is 379 g/mol. The molecule has 0 saturated heterocycles. The normalized spacial score (nSPS) is 26.4. The van der Waals surface area contributed by atoms with Gasteiger partial charge in [0.2, 0.25) is 0 Å². The van der Waals surface area contributed by atoms with Crippen LogP contribution in [0.3, 0.4) is 0 Å². The van der Waals surface area contributed by atoms with Gasteiger partial charge in [-0.2, -0.15) is 15.8 Å². The van der Waals surface area contributed by atoms with Crippen molar-refractivity contribution in [1.29, 1.82) is 21.2 Å². The standard InChI is InChI=1S/C21H19F2N5/c1-2-6-28-7-5-14-15(9-24)20(27)21(11-25,12-26)19(16(14)10-28)13-3-4-17(22)18(23)8-13/h3-5,8,15-16,19,27H,2,6-7,10H2,1H3/t15?,16-,19-/m0/s1. The van der Waals surface area contributed by atoms with E-state index in [-0.39, 0.29) is 11.3 Å². The third kappa shape index (κ3) is 2.87. The van der Waals surface area contributed by atoms with E-state index in [9.17, 15) is 24.6 Å². The lowest BCUT2D eigenvalue weighted by molar-refractivity contribution is 0.204. The summed E-state index contributed by atoms with van der Waals surface area (Å²) in [5.74, 6) is -4.32. The average Bonchev–Trinajstić information content (AvgIpc) is 2.70. The molecular formula is C21H19F2N5. The van der Waals surface area contributed by atoms with Crippen molar-refractivity contribution in [3.63, 3.8) is 0 Å². The molecule has 7 heteroatoms. The lowest BCUT2D eigenvalue weighted by Gasteiger charge is -2.47. The second-order valence-corrected chi connectivity index (χ2v) is 7.23. The SMILES string of the molecule is CCCN1CC=C2C(C#N)C(=N)C(C#N)(C#N)[C@@H](c3ccc(F)c(F)c3)[C@H]2C1. The molecular weight excluding hydrogens is 360 g/mol. The minimum absolute atomic E-state index is 0.289. The van der Waals surface area contributed by atoms with E-state index in [1.807, 2.05) is 25.1 Å². The molecule has 1 aliphatic heterocycles. The lowest BCUT2D eigenvalue weighted by Crippen LogP contribution is -2.53. The number of hydrogen-bond acceptors (Lipinski definition) is 5. The van der Waals surface area contributed by atoms with Crippen LogP contribution in [-0.4, -0.2) is 30.2 Å². The highest BCUT2D eigenvalue weighted by Gasteiger charge is 2.57. The van der Waals surface area contributed by atoms with E-state index in [1.54, 1.807) is 0 Å². The van der Waals surface area contributed by atoms with E-state index in [1.165, 1.54) is 6.07 Å². The van der Waals surface area contributed by atoms with Crippen molar-refractivity contribution in [1.82, 2.24) is 4.90 Å². The van der Waals surface area contributed by atoms with Gasteiger partial charge in [0.05, 0.1) is 23.9 Å². The van der Waals surface area contributed by atoms with Crippen molar-refractivity contribution in [2.45, 2.75) is 19.3 Å². The Morgan fingerprint density at radius 3 is 2.50 bits per heavy atom. The Morgan fingerprint density at radius 1 is 1.21 bits per heavy atom. The first-order chi connectivity index (χ1) is 13.4. The highest BCUT2D eigenvalue weighted by Crippen LogP contribution is 2.53. The molecule has 28 heavy (non-hydrogen) atoms. The fourth-order valence-electron chi connectivity index (χ4n) is 4.45. The molecule has 142 valence electrons. The maximum absolute atomic E-state index is 14.0. The molecule has 0 radical (unpaired) electrons. The largest absolute Gasteiger partial charge is 0.305 e. The molecule has 2 aliphatic rings. The summed E-state index contributed by atoms with van der Waals surface area (Å²) in [7, 11) is 0. The van der Waals surface area contributed by atoms with Crippen molar-refractivity contribution >= 4 is 5.71 Å². The number of halogens is 2. The topological polar surface area (TPSA) is 98.5 Å². The van der Waals surface area contributed by atoms with Gasteiger partial charge in [-0.25, -0.2) is 8.78 Å². The maximum atomic E-state index is 14.0. The molecule has 1 fully saturated rings. The first-order valence-corrected chi connectivity index (χ1v) is 9.11. The highest BCUT2D eigenvalue weighted by atomic mass is 19.2. The Bertz CT molecular complexity index is 948. The summed E-state index contributed by atoms with van der Waals surface area (Å²) >= 11 is 0. The fourth-order valence-corrected chi connectivity index (χ4v) is 4.45. The smallest absolute Gasteiger partial charge is 0.189 e. The molecule has 1 aromatic carbocycles. The summed E-state index contributed by atoms with van der Waals surface area (Å²) in [6, 6.07) is 9.29. The number of rotatable bonds is 3. The van der Waals surface area contributed by atoms with Crippen molar-refractivity contribution in [2.24, 2.45) is 17.3 Å². The molecule has 1 heterocycles. The molecule has 0 spiro atoms. The lowest BCUT2D eigenvalue weighted by atomic mass is 9.54. The van der Waals surface area contributed by atoms with Crippen LogP contribution in [0.15, 0.2) is 29.8 Å². The summed E-state index contributed by atoms with van der Waals surface area (Å²) < 4.78 is 27.5. The van der Waals surface area contributed by atoms with Crippen molar-refractivity contribution < 1.29 is 8.78 Å². The Kier molecular flexibility index (Phi) is 5.27. The van der Waals surface area contributed by atoms with E-state index in [2.05, 4.69) is 11.0 Å². The summed E-state index contributed by atoms with van der Waals surface area (Å²) in [5.41, 5.74) is -1.23. The van der Waals surface area contributed by atoms with Crippen molar-refractivity contribution in [2.75, 3.05) is 19.6 Å². The zero-order valence-electron chi connectivity index (χ0n) is 15.4. The van der Waals surface area contributed by atoms with Crippen LogP contribution >= 0.6 is 0 Å². The summed E-state index contributed by atoms with van der Waals surface area (Å²) in [6.07, 6.45) is 2.79. The Morgan fingerprint density at radius 2 is 1.93 bits per heavy atom. The van der Waals surface area contributed by atoms with Crippen LogP contribution in [0, 0.1) is 68.3 Å². The number of nitriles is 3. The van der Waals surface area contributed by atoms with Crippen molar-refractivity contribution in [3.05, 3.63) is 47.0 Å². The third-order valence-corrected chi connectivity index (χ3v) is 5.71. The Labute approximate surface area is 162 Å². The van der Waals surface area contributed by atoms with Crippen LogP contribution in [0.5, 0.6) is 0 Å². The number of hydrogen-bond donors (Lipinski definition) is 1. The number of fused-ring (bicyclic) bond motifs is 1. The number of nitrogens with zero attached hydrogens (tertiary/aromatic N) is 4. The van der Waals surface area contributed by atoms with E-state index in [0.717, 1.165) is 25.1 Å². The molecule has 1 saturated carbocycles. The molecule has 0 amide bonds. The molecule has 1 aromatic rings. The van der Waals surface area contributed by atoms with Gasteiger partial charge in [-0.15, -0.1) is 0 Å². The predicted molar refractivity (Wildman–Crippen MR) is 97.9 cm³/mol. The van der Waals surface area contributed by atoms with Gasteiger partial charge in [0, 0.05) is 24.9 Å². The molecule has 1 unspecified atom stereocenters. The van der Waals surface area contributed by atoms with Crippen LogP contribution < -0.4 is 0 Å². The zero-order chi connectivity index (χ0) is 20.5. The van der Waals surface area contributed by atoms with Crippen LogP contribution in [0.1, 0.15) is 24.8 Å². The van der Waals surface area contributed by atoms with Gasteiger partial charge < -0.3 is 5.41 Å². The van der Waals surface area contributed by atoms with E-state index in [4.69, 9.17) is 5.41 Å². The van der Waals surface area contributed by atoms with Gasteiger partial charge in [0.15, 0.2) is 17.0 Å². The van der Waals surface area contributed by atoms with Crippen LogP contribution in [0.4, 0.5) is 8.78 Å². The molecule has 0 aromatic heterocycles. The molecule has 5 nitrogen and oxygen atoms in total. The molecule has 3 atom stereocenters. The van der Waals surface area contributed by atoms with Gasteiger partial charge in [-0.1, -0.05) is 19.1 Å². The minimum Gasteiger partial charge on any atom is -0.305 e. The number of nitrogens with one attached hydrogen (secondary N) is 1. The van der Waals surface area contributed by atoms with Gasteiger partial charge in [0.1, 0.15) is 5.92 Å². The van der Waals surface area contributed by atoms with Gasteiger partial charge in [0.25, 0.3) is 0 Å². The second kappa shape index (κ2) is 7.50. The van der Waals surface area contributed by atoms with E-state index < -0.39 is 34.8 Å². The first-order valence-electron chi connectivity index (χ1n) is 9.11. The molecule has 1 N–H and O–H groups in total. The summed E-state index contributed by atoms with van der Waals surface area (Å²) in [5, 5.41) is 38.0. The minimum atomic E-state index is -1.91. The molecule has 3 rings (SSSR count). The van der Waals surface area contributed by atoms with Crippen molar-refractivity contribution in [3.8, 4) is 18.2 Å². The van der Waals surface area contributed by atoms with Crippen LogP contribution in [0.2, 0.25) is 0 Å². The third-order valence-electron chi connectivity index (χ3n) is 5.71. The van der Waals surface area contributed by atoms with Crippen LogP contribution in [-0.2, 0) is 0 Å². The predicted octanol–water partition coefficient (Wildman–Crippen LogP) is 3.52. The Balaban J connectivity index is 2.23. The van der Waals surface area contributed by atoms with Crippen LogP contribution in [0.25, 0.3) is 0 Å². The summed E-state index contributed by atoms with van der Waals surface area (Å²) in [4.78, 5) is 2.14. The maximum Gasteiger partial charge on any atom is 0.189 e. The average molecular weight is 379 g/mol. The van der Waals surface area contributed by atoms with E-state index >= 15 is 0 Å². The molecule has 0 bridgehead atoms. The van der Waals surface area contributed by atoms with Gasteiger partial charge in [-0.3, -0.25) is 4.90 Å². The quantitative estimate of drug-likeness (QED) is 0.812. The Hall–Kier alpha value is -3.08. The number of benzene rings is 1. The van der Waals surface area contributed by atoms with Gasteiger partial charge in [-0.05, 0) is 36.2 Å². The first kappa shape index (κ1) is 19.7.